The lowest BCUT2D eigenvalue weighted by molar-refractivity contribution is 0.202. The molecule has 0 bridgehead atoms. The molecule has 112 valence electrons. The van der Waals surface area contributed by atoms with Gasteiger partial charge in [0, 0.05) is 19.7 Å². The van der Waals surface area contributed by atoms with Crippen LogP contribution in [0.3, 0.4) is 0 Å². The van der Waals surface area contributed by atoms with Crippen LogP contribution in [0, 0.1) is 5.92 Å². The minimum absolute atomic E-state index is 0.244. The maximum Gasteiger partial charge on any atom is 0.322 e. The molecule has 0 amide bonds. The van der Waals surface area contributed by atoms with E-state index in [1.165, 1.54) is 20.0 Å². The molecule has 20 heavy (non-hydrogen) atoms. The van der Waals surface area contributed by atoms with Crippen LogP contribution in [0.25, 0.3) is 0 Å². The van der Waals surface area contributed by atoms with Gasteiger partial charge in [0.2, 0.25) is 11.9 Å². The predicted octanol–water partition coefficient (Wildman–Crippen LogP) is 0.417. The second-order valence-electron chi connectivity index (χ2n) is 4.85. The summed E-state index contributed by atoms with van der Waals surface area (Å²) in [5.74, 6) is 6.92. The van der Waals surface area contributed by atoms with Crippen LogP contribution in [0.4, 0.5) is 11.9 Å². The van der Waals surface area contributed by atoms with Crippen LogP contribution in [-0.2, 0) is 4.74 Å². The summed E-state index contributed by atoms with van der Waals surface area (Å²) in [5, 5.41) is 0. The summed E-state index contributed by atoms with van der Waals surface area (Å²) in [4.78, 5) is 14.8. The van der Waals surface area contributed by atoms with Gasteiger partial charge >= 0.3 is 6.01 Å². The molecule has 1 aromatic rings. The molecule has 1 unspecified atom stereocenters. The van der Waals surface area contributed by atoms with Gasteiger partial charge in [0.1, 0.15) is 0 Å². The van der Waals surface area contributed by atoms with Crippen molar-refractivity contribution in [2.24, 2.45) is 11.8 Å². The smallest absolute Gasteiger partial charge is 0.322 e. The zero-order chi connectivity index (χ0) is 14.5. The Morgan fingerprint density at radius 3 is 2.65 bits per heavy atom. The molecule has 3 N–H and O–H groups in total. The number of nitrogens with two attached hydrogens (primary N) is 1. The van der Waals surface area contributed by atoms with E-state index in [0.29, 0.717) is 31.1 Å². The van der Waals surface area contributed by atoms with Crippen molar-refractivity contribution in [2.45, 2.75) is 25.8 Å². The first-order valence-electron chi connectivity index (χ1n) is 6.71. The second-order valence-corrected chi connectivity index (χ2v) is 4.85. The summed E-state index contributed by atoms with van der Waals surface area (Å²) in [5.41, 5.74) is 2.44. The minimum atomic E-state index is 0.244. The molecule has 1 aliphatic rings. The highest BCUT2D eigenvalue weighted by molar-refractivity contribution is 5.39. The Balaban J connectivity index is 2.25. The summed E-state index contributed by atoms with van der Waals surface area (Å²) in [6, 6.07) is 0.594. The fourth-order valence-electron chi connectivity index (χ4n) is 2.14. The number of nitrogen functional groups attached to an aromatic ring is 1. The topological polar surface area (TPSA) is 98.4 Å². The summed E-state index contributed by atoms with van der Waals surface area (Å²) in [6.07, 6.45) is 2.49. The Hall–Kier alpha value is -1.67. The predicted molar refractivity (Wildman–Crippen MR) is 75.6 cm³/mol. The number of hydrazine groups is 1. The van der Waals surface area contributed by atoms with Crippen LogP contribution in [0.1, 0.15) is 19.8 Å². The number of nitrogens with one attached hydrogen (secondary N) is 1. The highest BCUT2D eigenvalue weighted by Crippen LogP contribution is 2.36. The molecule has 1 saturated carbocycles. The summed E-state index contributed by atoms with van der Waals surface area (Å²) in [7, 11) is 3.20. The molecule has 0 aliphatic heterocycles. The van der Waals surface area contributed by atoms with Gasteiger partial charge in [-0.25, -0.2) is 5.84 Å². The number of hydrogen-bond acceptors (Lipinski definition) is 8. The molecule has 1 fully saturated rings. The molecule has 0 saturated heterocycles. The highest BCUT2D eigenvalue weighted by Gasteiger charge is 2.33. The van der Waals surface area contributed by atoms with E-state index < -0.39 is 0 Å². The van der Waals surface area contributed by atoms with Crippen molar-refractivity contribution in [3.05, 3.63) is 0 Å². The average molecular weight is 282 g/mol. The molecule has 0 radical (unpaired) electrons. The third-order valence-electron chi connectivity index (χ3n) is 3.50. The summed E-state index contributed by atoms with van der Waals surface area (Å²) in [6.45, 7) is 3.50. The lowest BCUT2D eigenvalue weighted by Crippen LogP contribution is -2.38. The van der Waals surface area contributed by atoms with E-state index >= 15 is 0 Å². The molecular weight excluding hydrogens is 260 g/mol. The Labute approximate surface area is 118 Å². The fraction of sp³-hybridized carbons (Fsp3) is 0.750. The van der Waals surface area contributed by atoms with Gasteiger partial charge in [-0.3, -0.25) is 5.43 Å². The van der Waals surface area contributed by atoms with Gasteiger partial charge in [0.15, 0.2) is 0 Å². The molecule has 0 aromatic carbocycles. The van der Waals surface area contributed by atoms with Gasteiger partial charge in [0.25, 0.3) is 0 Å². The van der Waals surface area contributed by atoms with Gasteiger partial charge in [-0.05, 0) is 25.7 Å². The second kappa shape index (κ2) is 6.67. The zero-order valence-electron chi connectivity index (χ0n) is 12.2. The first-order valence-corrected chi connectivity index (χ1v) is 6.71. The number of anilines is 2. The monoisotopic (exact) mass is 282 g/mol. The number of ether oxygens (including phenoxy) is 2. The first kappa shape index (κ1) is 14.7. The molecule has 1 atom stereocenters. The molecule has 1 aliphatic carbocycles. The normalized spacial score (nSPS) is 15.8. The minimum Gasteiger partial charge on any atom is -0.467 e. The molecular formula is C12H22N6O2. The molecule has 0 spiro atoms. The summed E-state index contributed by atoms with van der Waals surface area (Å²) >= 11 is 0. The van der Waals surface area contributed by atoms with Gasteiger partial charge in [0.05, 0.1) is 13.7 Å². The Morgan fingerprint density at radius 2 is 2.10 bits per heavy atom. The van der Waals surface area contributed by atoms with Gasteiger partial charge < -0.3 is 14.4 Å². The Morgan fingerprint density at radius 1 is 1.35 bits per heavy atom. The van der Waals surface area contributed by atoms with Crippen LogP contribution in [0.2, 0.25) is 0 Å². The number of aromatic nitrogens is 3. The van der Waals surface area contributed by atoms with Crippen LogP contribution in [0.5, 0.6) is 6.01 Å². The maximum atomic E-state index is 5.39. The number of rotatable bonds is 8. The van der Waals surface area contributed by atoms with E-state index in [4.69, 9.17) is 15.3 Å². The SMILES string of the molecule is COCCN(c1nc(NN)nc(OC)n1)C(C)C1CC1. The van der Waals surface area contributed by atoms with Gasteiger partial charge in [-0.15, -0.1) is 0 Å². The first-order chi connectivity index (χ1) is 9.69. The lowest BCUT2D eigenvalue weighted by atomic mass is 10.2. The van der Waals surface area contributed by atoms with Crippen molar-refractivity contribution in [3.8, 4) is 6.01 Å². The maximum absolute atomic E-state index is 5.39. The quantitative estimate of drug-likeness (QED) is 0.523. The lowest BCUT2D eigenvalue weighted by Gasteiger charge is -2.29. The van der Waals surface area contributed by atoms with E-state index in [1.807, 2.05) is 0 Å². The van der Waals surface area contributed by atoms with Crippen LogP contribution in [-0.4, -0.2) is 48.4 Å². The van der Waals surface area contributed by atoms with Crippen LogP contribution in [0.15, 0.2) is 0 Å². The standard InChI is InChI=1S/C12H22N6O2/c1-8(9-4-5-9)18(6-7-19-2)11-14-10(17-13)15-12(16-11)20-3/h8-9H,4-7,13H2,1-3H3,(H,14,15,16,17). The van der Waals surface area contributed by atoms with Crippen LogP contribution >= 0.6 is 0 Å². The average Bonchev–Trinajstić information content (AvgIpc) is 3.31. The molecule has 1 heterocycles. The third kappa shape index (κ3) is 3.45. The van der Waals surface area contributed by atoms with Crippen molar-refractivity contribution >= 4 is 11.9 Å². The van der Waals surface area contributed by atoms with Gasteiger partial charge in [-0.2, -0.15) is 15.0 Å². The van der Waals surface area contributed by atoms with E-state index in [2.05, 4.69) is 32.2 Å². The molecule has 8 nitrogen and oxygen atoms in total. The van der Waals surface area contributed by atoms with Crippen molar-refractivity contribution in [3.63, 3.8) is 0 Å². The number of methoxy groups -OCH3 is 2. The summed E-state index contributed by atoms with van der Waals surface area (Å²) < 4.78 is 10.3. The van der Waals surface area contributed by atoms with Crippen molar-refractivity contribution < 1.29 is 9.47 Å². The molecule has 8 heteroatoms. The number of hydrogen-bond donors (Lipinski definition) is 2. The largest absolute Gasteiger partial charge is 0.467 e. The molecule has 1 aromatic heterocycles. The number of nitrogens with zero attached hydrogens (tertiary/aromatic N) is 4. The van der Waals surface area contributed by atoms with E-state index in [1.54, 1.807) is 7.11 Å². The van der Waals surface area contributed by atoms with Crippen LogP contribution < -0.4 is 20.9 Å². The van der Waals surface area contributed by atoms with E-state index in [-0.39, 0.29) is 12.0 Å². The van der Waals surface area contributed by atoms with Crippen molar-refractivity contribution in [1.29, 1.82) is 0 Å². The Kier molecular flexibility index (Phi) is 4.91. The third-order valence-corrected chi connectivity index (χ3v) is 3.50. The fourth-order valence-corrected chi connectivity index (χ4v) is 2.14. The Bertz CT molecular complexity index is 418. The highest BCUT2D eigenvalue weighted by atomic mass is 16.5. The van der Waals surface area contributed by atoms with E-state index in [0.717, 1.165) is 0 Å². The van der Waals surface area contributed by atoms with Gasteiger partial charge in [-0.1, -0.05) is 0 Å². The van der Waals surface area contributed by atoms with E-state index in [9.17, 15) is 0 Å². The zero-order valence-corrected chi connectivity index (χ0v) is 12.2. The molecule has 2 rings (SSSR count). The van der Waals surface area contributed by atoms with Crippen molar-refractivity contribution in [1.82, 2.24) is 15.0 Å². The van der Waals surface area contributed by atoms with Crippen molar-refractivity contribution in [2.75, 3.05) is 37.7 Å².